The second-order valence-electron chi connectivity index (χ2n) is 1.81. The van der Waals surface area contributed by atoms with E-state index in [-0.39, 0.29) is 0 Å². The van der Waals surface area contributed by atoms with Crippen molar-refractivity contribution in [2.75, 3.05) is 6.61 Å². The molecule has 0 radical (unpaired) electrons. The number of carbonyl (C=O) groups excluding carboxylic acids is 1. The summed E-state index contributed by atoms with van der Waals surface area (Å²) >= 11 is 0. The van der Waals surface area contributed by atoms with Crippen molar-refractivity contribution in [2.24, 2.45) is 5.41 Å². The smallest absolute Gasteiger partial charge is 0.142 e. The standard InChI is InChI=1S/C5H7NO2/c1-5(2-6,3-7)4-8/h3,8H,4H2,1H3/t5-/m0/s1. The number of hydrogen-bond acceptors (Lipinski definition) is 3. The Kier molecular flexibility index (Phi) is 2.17. The molecule has 0 heterocycles. The summed E-state index contributed by atoms with van der Waals surface area (Å²) in [6.07, 6.45) is 0.438. The number of rotatable bonds is 2. The Hall–Kier alpha value is -0.880. The maximum Gasteiger partial charge on any atom is 0.142 e. The summed E-state index contributed by atoms with van der Waals surface area (Å²) in [5, 5.41) is 16.5. The molecule has 1 atom stereocenters. The van der Waals surface area contributed by atoms with Crippen LogP contribution in [0.2, 0.25) is 0 Å². The molecule has 0 spiro atoms. The maximum atomic E-state index is 9.91. The zero-order valence-corrected chi connectivity index (χ0v) is 4.59. The lowest BCUT2D eigenvalue weighted by Gasteiger charge is -2.05. The molecule has 3 heteroatoms. The maximum absolute atomic E-state index is 9.91. The van der Waals surface area contributed by atoms with Crippen LogP contribution in [0.1, 0.15) is 6.92 Å². The van der Waals surface area contributed by atoms with Gasteiger partial charge in [-0.3, -0.25) is 0 Å². The van der Waals surface area contributed by atoms with Gasteiger partial charge < -0.3 is 9.90 Å². The van der Waals surface area contributed by atoms with Gasteiger partial charge in [-0.15, -0.1) is 0 Å². The highest BCUT2D eigenvalue weighted by molar-refractivity contribution is 5.63. The summed E-state index contributed by atoms with van der Waals surface area (Å²) in [6, 6.07) is 1.66. The average Bonchev–Trinajstić information content (AvgIpc) is 1.87. The molecule has 0 unspecified atom stereocenters. The number of aldehydes is 1. The number of hydrogen-bond donors (Lipinski definition) is 1. The molecule has 0 aromatic rings. The van der Waals surface area contributed by atoms with E-state index in [1.54, 1.807) is 6.07 Å². The van der Waals surface area contributed by atoms with Crippen molar-refractivity contribution in [3.63, 3.8) is 0 Å². The van der Waals surface area contributed by atoms with Gasteiger partial charge in [0.1, 0.15) is 11.7 Å². The molecule has 0 saturated carbocycles. The second kappa shape index (κ2) is 2.43. The monoisotopic (exact) mass is 113 g/mol. The van der Waals surface area contributed by atoms with Crippen LogP contribution in [0.15, 0.2) is 0 Å². The first-order valence-corrected chi connectivity index (χ1v) is 2.17. The van der Waals surface area contributed by atoms with Crippen molar-refractivity contribution in [1.29, 1.82) is 5.26 Å². The Morgan fingerprint density at radius 2 is 2.50 bits per heavy atom. The van der Waals surface area contributed by atoms with Gasteiger partial charge in [-0.25, -0.2) is 0 Å². The van der Waals surface area contributed by atoms with E-state index >= 15 is 0 Å². The van der Waals surface area contributed by atoms with Crippen LogP contribution in [0.5, 0.6) is 0 Å². The predicted octanol–water partition coefficient (Wildman–Crippen LogP) is -0.293. The molecular formula is C5H7NO2. The van der Waals surface area contributed by atoms with Crippen molar-refractivity contribution < 1.29 is 9.90 Å². The van der Waals surface area contributed by atoms with Gasteiger partial charge in [0.05, 0.1) is 12.7 Å². The van der Waals surface area contributed by atoms with Gasteiger partial charge in [-0.1, -0.05) is 0 Å². The molecule has 0 aliphatic heterocycles. The first-order chi connectivity index (χ1) is 3.68. The Bertz CT molecular complexity index is 127. The zero-order chi connectivity index (χ0) is 6.62. The van der Waals surface area contributed by atoms with E-state index in [0.717, 1.165) is 0 Å². The van der Waals surface area contributed by atoms with Gasteiger partial charge in [0.15, 0.2) is 0 Å². The summed E-state index contributed by atoms with van der Waals surface area (Å²) in [5.41, 5.74) is -1.19. The van der Waals surface area contributed by atoms with Crippen LogP contribution in [0.25, 0.3) is 0 Å². The zero-order valence-electron chi connectivity index (χ0n) is 4.59. The number of aliphatic hydroxyl groups excluding tert-OH is 1. The van der Waals surface area contributed by atoms with Crippen LogP contribution in [-0.2, 0) is 4.79 Å². The number of carbonyl (C=O) groups is 1. The van der Waals surface area contributed by atoms with Gasteiger partial charge in [-0.05, 0) is 6.92 Å². The molecule has 0 bridgehead atoms. The lowest BCUT2D eigenvalue weighted by Crippen LogP contribution is -2.19. The van der Waals surface area contributed by atoms with Crippen molar-refractivity contribution in [3.8, 4) is 6.07 Å². The topological polar surface area (TPSA) is 61.1 Å². The van der Waals surface area contributed by atoms with E-state index < -0.39 is 12.0 Å². The average molecular weight is 113 g/mol. The molecule has 0 aliphatic carbocycles. The molecule has 1 N–H and O–H groups in total. The molecule has 0 aromatic carbocycles. The van der Waals surface area contributed by atoms with Gasteiger partial charge in [0, 0.05) is 0 Å². The second-order valence-corrected chi connectivity index (χ2v) is 1.81. The molecule has 0 fully saturated rings. The number of aliphatic hydroxyl groups is 1. The highest BCUT2D eigenvalue weighted by Crippen LogP contribution is 2.07. The van der Waals surface area contributed by atoms with Crippen LogP contribution >= 0.6 is 0 Å². The van der Waals surface area contributed by atoms with Gasteiger partial charge in [-0.2, -0.15) is 5.26 Å². The first kappa shape index (κ1) is 7.12. The minimum Gasteiger partial charge on any atom is -0.394 e. The fourth-order valence-electron chi connectivity index (χ4n) is 0.0990. The Labute approximate surface area is 47.5 Å². The first-order valence-electron chi connectivity index (χ1n) is 2.17. The van der Waals surface area contributed by atoms with E-state index in [9.17, 15) is 4.79 Å². The molecule has 0 amide bonds. The lowest BCUT2D eigenvalue weighted by atomic mass is 9.97. The lowest BCUT2D eigenvalue weighted by molar-refractivity contribution is -0.114. The van der Waals surface area contributed by atoms with E-state index in [4.69, 9.17) is 10.4 Å². The predicted molar refractivity (Wildman–Crippen MR) is 26.9 cm³/mol. The van der Waals surface area contributed by atoms with Gasteiger partial charge in [0.2, 0.25) is 0 Å². The van der Waals surface area contributed by atoms with Crippen molar-refractivity contribution in [3.05, 3.63) is 0 Å². The Morgan fingerprint density at radius 1 is 2.00 bits per heavy atom. The summed E-state index contributed by atoms with van der Waals surface area (Å²) in [6.45, 7) is 0.965. The largest absolute Gasteiger partial charge is 0.394 e. The molecule has 0 saturated heterocycles. The summed E-state index contributed by atoms with van der Waals surface area (Å²) < 4.78 is 0. The molecule has 3 nitrogen and oxygen atoms in total. The van der Waals surface area contributed by atoms with Crippen LogP contribution in [0.3, 0.4) is 0 Å². The summed E-state index contributed by atoms with van der Waals surface area (Å²) in [5.74, 6) is 0. The number of nitriles is 1. The SMILES string of the molecule is C[C@](C#N)(C=O)CO. The fourth-order valence-corrected chi connectivity index (χ4v) is 0.0990. The van der Waals surface area contributed by atoms with Gasteiger partial charge >= 0.3 is 0 Å². The van der Waals surface area contributed by atoms with E-state index in [1.165, 1.54) is 6.92 Å². The van der Waals surface area contributed by atoms with Crippen LogP contribution in [-0.4, -0.2) is 18.0 Å². The molecule has 0 rings (SSSR count). The summed E-state index contributed by atoms with van der Waals surface area (Å²) in [7, 11) is 0. The van der Waals surface area contributed by atoms with Crippen molar-refractivity contribution >= 4 is 6.29 Å². The molecular weight excluding hydrogens is 106 g/mol. The van der Waals surface area contributed by atoms with Gasteiger partial charge in [0.25, 0.3) is 0 Å². The quantitative estimate of drug-likeness (QED) is 0.500. The third-order valence-electron chi connectivity index (χ3n) is 0.844. The Balaban J connectivity index is 4.03. The van der Waals surface area contributed by atoms with Crippen molar-refractivity contribution in [2.45, 2.75) is 6.92 Å². The Morgan fingerprint density at radius 3 is 2.50 bits per heavy atom. The van der Waals surface area contributed by atoms with Crippen molar-refractivity contribution in [1.82, 2.24) is 0 Å². The fraction of sp³-hybridized carbons (Fsp3) is 0.600. The third kappa shape index (κ3) is 1.32. The molecule has 0 aromatic heterocycles. The van der Waals surface area contributed by atoms with E-state index in [0.29, 0.717) is 6.29 Å². The van der Waals surface area contributed by atoms with E-state index in [2.05, 4.69) is 0 Å². The number of nitrogens with zero attached hydrogens (tertiary/aromatic N) is 1. The van der Waals surface area contributed by atoms with Crippen LogP contribution in [0, 0.1) is 16.7 Å². The highest BCUT2D eigenvalue weighted by Gasteiger charge is 2.20. The normalized spacial score (nSPS) is 16.1. The van der Waals surface area contributed by atoms with Crippen LogP contribution in [0.4, 0.5) is 0 Å². The molecule has 44 valence electrons. The minimum absolute atomic E-state index is 0.410. The van der Waals surface area contributed by atoms with E-state index in [1.807, 2.05) is 0 Å². The summed E-state index contributed by atoms with van der Waals surface area (Å²) in [4.78, 5) is 9.91. The van der Waals surface area contributed by atoms with Crippen LogP contribution < -0.4 is 0 Å². The molecule has 8 heavy (non-hydrogen) atoms. The minimum atomic E-state index is -1.19. The highest BCUT2D eigenvalue weighted by atomic mass is 16.3. The third-order valence-corrected chi connectivity index (χ3v) is 0.844. The molecule has 0 aliphatic rings.